The summed E-state index contributed by atoms with van der Waals surface area (Å²) < 4.78 is 0. The van der Waals surface area contributed by atoms with Gasteiger partial charge in [-0.25, -0.2) is 0 Å². The fourth-order valence-electron chi connectivity index (χ4n) is 3.41. The average molecular weight is 298 g/mol. The molecule has 0 radical (unpaired) electrons. The molecule has 0 aliphatic carbocycles. The maximum Gasteiger partial charge on any atom is 0.0300 e. The number of unbranched alkanes of at least 4 members (excludes halogenated alkanes) is 4. The first kappa shape index (κ1) is 18.9. The molecular weight excluding hydrogens is 258 g/mol. The predicted octanol–water partition coefficient (Wildman–Crippen LogP) is 3.34. The molecule has 0 bridgehead atoms. The second-order valence-corrected chi connectivity index (χ2v) is 7.49. The van der Waals surface area contributed by atoms with Crippen molar-refractivity contribution in [2.24, 2.45) is 11.7 Å². The van der Waals surface area contributed by atoms with Gasteiger partial charge in [0.1, 0.15) is 0 Å². The van der Waals surface area contributed by atoms with Crippen molar-refractivity contribution in [3.8, 4) is 0 Å². The summed E-state index contributed by atoms with van der Waals surface area (Å²) in [5, 5.41) is 0. The zero-order valence-corrected chi connectivity index (χ0v) is 15.0. The van der Waals surface area contributed by atoms with E-state index in [4.69, 9.17) is 5.73 Å². The number of hydrogen-bond acceptors (Lipinski definition) is 3. The minimum atomic E-state index is 0.190. The summed E-state index contributed by atoms with van der Waals surface area (Å²) in [5.74, 6) is 0.858. The molecule has 0 amide bonds. The van der Waals surface area contributed by atoms with E-state index in [-0.39, 0.29) is 5.54 Å². The highest BCUT2D eigenvalue weighted by Crippen LogP contribution is 2.25. The summed E-state index contributed by atoms with van der Waals surface area (Å²) in [4.78, 5) is 5.01. The summed E-state index contributed by atoms with van der Waals surface area (Å²) in [6, 6.07) is 0. The van der Waals surface area contributed by atoms with Gasteiger partial charge in [0.15, 0.2) is 0 Å². The minimum absolute atomic E-state index is 0.190. The number of rotatable bonds is 10. The van der Waals surface area contributed by atoms with Gasteiger partial charge in [0.2, 0.25) is 0 Å². The van der Waals surface area contributed by atoms with Crippen molar-refractivity contribution < 1.29 is 0 Å². The molecular formula is C18H39N3. The van der Waals surface area contributed by atoms with Gasteiger partial charge in [0.25, 0.3) is 0 Å². The average Bonchev–Trinajstić information content (AvgIpc) is 2.49. The standard InChI is InChI=1S/C18H39N3/c1-5-6-7-8-9-12-18(2,16-19)21(4)15-17-10-13-20(3)14-11-17/h17H,5-16,19H2,1-4H3. The summed E-state index contributed by atoms with van der Waals surface area (Å²) in [6.07, 6.45) is 10.7. The first-order valence-corrected chi connectivity index (χ1v) is 9.11. The lowest BCUT2D eigenvalue weighted by atomic mass is 9.89. The molecule has 0 saturated carbocycles. The van der Waals surface area contributed by atoms with Crippen molar-refractivity contribution in [3.63, 3.8) is 0 Å². The number of nitrogens with two attached hydrogens (primary N) is 1. The summed E-state index contributed by atoms with van der Waals surface area (Å²) in [6.45, 7) is 9.16. The molecule has 1 saturated heterocycles. The van der Waals surface area contributed by atoms with Crippen LogP contribution in [0.15, 0.2) is 0 Å². The van der Waals surface area contributed by atoms with Crippen molar-refractivity contribution in [2.75, 3.05) is 40.3 Å². The topological polar surface area (TPSA) is 32.5 Å². The van der Waals surface area contributed by atoms with E-state index in [0.717, 1.165) is 12.5 Å². The predicted molar refractivity (Wildman–Crippen MR) is 93.7 cm³/mol. The SMILES string of the molecule is CCCCCCCC(C)(CN)N(C)CC1CCN(C)CC1. The second-order valence-electron chi connectivity index (χ2n) is 7.49. The molecule has 1 unspecified atom stereocenters. The molecule has 3 nitrogen and oxygen atoms in total. The van der Waals surface area contributed by atoms with E-state index in [1.54, 1.807) is 0 Å². The third-order valence-corrected chi connectivity index (χ3v) is 5.55. The van der Waals surface area contributed by atoms with Crippen LogP contribution in [0.2, 0.25) is 0 Å². The van der Waals surface area contributed by atoms with Crippen LogP contribution in [0.25, 0.3) is 0 Å². The molecule has 1 heterocycles. The van der Waals surface area contributed by atoms with Gasteiger partial charge in [-0.3, -0.25) is 4.90 Å². The number of hydrogen-bond donors (Lipinski definition) is 1. The first-order valence-electron chi connectivity index (χ1n) is 9.11. The lowest BCUT2D eigenvalue weighted by Crippen LogP contribution is -2.52. The van der Waals surface area contributed by atoms with Crippen LogP contribution in [-0.4, -0.2) is 55.6 Å². The number of piperidine rings is 1. The second kappa shape index (κ2) is 9.81. The maximum atomic E-state index is 6.13. The Morgan fingerprint density at radius 1 is 1.14 bits per heavy atom. The van der Waals surface area contributed by atoms with Crippen LogP contribution in [0.1, 0.15) is 65.2 Å². The van der Waals surface area contributed by atoms with Gasteiger partial charge in [0, 0.05) is 18.6 Å². The van der Waals surface area contributed by atoms with Crippen LogP contribution >= 0.6 is 0 Å². The van der Waals surface area contributed by atoms with Crippen LogP contribution in [0.3, 0.4) is 0 Å². The molecule has 1 aliphatic rings. The number of nitrogens with zero attached hydrogens (tertiary/aromatic N) is 2. The molecule has 1 fully saturated rings. The highest BCUT2D eigenvalue weighted by molar-refractivity contribution is 4.87. The van der Waals surface area contributed by atoms with E-state index >= 15 is 0 Å². The van der Waals surface area contributed by atoms with Crippen LogP contribution in [0, 0.1) is 5.92 Å². The Morgan fingerprint density at radius 3 is 2.33 bits per heavy atom. The Hall–Kier alpha value is -0.120. The molecule has 0 aromatic heterocycles. The summed E-state index contributed by atoms with van der Waals surface area (Å²) in [5.41, 5.74) is 6.32. The van der Waals surface area contributed by atoms with Crippen molar-refractivity contribution >= 4 is 0 Å². The van der Waals surface area contributed by atoms with Gasteiger partial charge in [0.05, 0.1) is 0 Å². The summed E-state index contributed by atoms with van der Waals surface area (Å²) in [7, 11) is 4.53. The summed E-state index contributed by atoms with van der Waals surface area (Å²) >= 11 is 0. The third-order valence-electron chi connectivity index (χ3n) is 5.55. The molecule has 0 spiro atoms. The largest absolute Gasteiger partial charge is 0.329 e. The van der Waals surface area contributed by atoms with E-state index in [1.165, 1.54) is 71.0 Å². The fraction of sp³-hybridized carbons (Fsp3) is 1.00. The van der Waals surface area contributed by atoms with Crippen molar-refractivity contribution in [1.82, 2.24) is 9.80 Å². The molecule has 3 heteroatoms. The molecule has 1 atom stereocenters. The van der Waals surface area contributed by atoms with Gasteiger partial charge in [-0.2, -0.15) is 0 Å². The Bertz CT molecular complexity index is 261. The zero-order valence-electron chi connectivity index (χ0n) is 15.0. The van der Waals surface area contributed by atoms with Crippen molar-refractivity contribution in [3.05, 3.63) is 0 Å². The quantitative estimate of drug-likeness (QED) is 0.628. The van der Waals surface area contributed by atoms with Gasteiger partial charge in [-0.1, -0.05) is 39.0 Å². The van der Waals surface area contributed by atoms with Gasteiger partial charge in [-0.05, 0) is 59.3 Å². The Labute approximate surface area is 133 Å². The highest BCUT2D eigenvalue weighted by Gasteiger charge is 2.29. The maximum absolute atomic E-state index is 6.13. The Kier molecular flexibility index (Phi) is 8.84. The molecule has 2 N–H and O–H groups in total. The zero-order chi connectivity index (χ0) is 15.7. The lowest BCUT2D eigenvalue weighted by Gasteiger charge is -2.41. The fourth-order valence-corrected chi connectivity index (χ4v) is 3.41. The Balaban J connectivity index is 2.34. The minimum Gasteiger partial charge on any atom is -0.329 e. The van der Waals surface area contributed by atoms with Crippen molar-refractivity contribution in [2.45, 2.75) is 70.8 Å². The lowest BCUT2D eigenvalue weighted by molar-refractivity contribution is 0.0891. The molecule has 1 rings (SSSR count). The number of likely N-dealkylation sites (tertiary alicyclic amines) is 1. The van der Waals surface area contributed by atoms with E-state index in [9.17, 15) is 0 Å². The van der Waals surface area contributed by atoms with Crippen LogP contribution in [0.5, 0.6) is 0 Å². The van der Waals surface area contributed by atoms with E-state index in [2.05, 4.69) is 37.7 Å². The Morgan fingerprint density at radius 2 is 1.76 bits per heavy atom. The number of likely N-dealkylation sites (N-methyl/N-ethyl adjacent to an activating group) is 1. The van der Waals surface area contributed by atoms with Gasteiger partial charge >= 0.3 is 0 Å². The molecule has 0 aromatic rings. The normalized spacial score (nSPS) is 20.9. The van der Waals surface area contributed by atoms with Gasteiger partial charge in [-0.15, -0.1) is 0 Å². The van der Waals surface area contributed by atoms with Crippen molar-refractivity contribution in [1.29, 1.82) is 0 Å². The van der Waals surface area contributed by atoms with Crippen LogP contribution < -0.4 is 5.73 Å². The molecule has 1 aliphatic heterocycles. The molecule has 126 valence electrons. The third kappa shape index (κ3) is 6.66. The van der Waals surface area contributed by atoms with Gasteiger partial charge < -0.3 is 10.6 Å². The molecule has 21 heavy (non-hydrogen) atoms. The van der Waals surface area contributed by atoms with E-state index in [1.807, 2.05) is 0 Å². The molecule has 0 aromatic carbocycles. The van der Waals surface area contributed by atoms with E-state index < -0.39 is 0 Å². The van der Waals surface area contributed by atoms with Crippen LogP contribution in [-0.2, 0) is 0 Å². The first-order chi connectivity index (χ1) is 10.0. The smallest absolute Gasteiger partial charge is 0.0300 e. The van der Waals surface area contributed by atoms with Crippen LogP contribution in [0.4, 0.5) is 0 Å². The monoisotopic (exact) mass is 297 g/mol. The van der Waals surface area contributed by atoms with E-state index in [0.29, 0.717) is 0 Å². The highest BCUT2D eigenvalue weighted by atomic mass is 15.2.